The molecule has 1 amide bonds. The third-order valence-corrected chi connectivity index (χ3v) is 5.29. The van der Waals surface area contributed by atoms with E-state index in [-0.39, 0.29) is 11.8 Å². The SMILES string of the molecule is CCOc1ccc(C[NH+]2CCC[C@@H](C(=O)N(C)Cc3ccccc3)C2)cc1. The molecule has 1 aliphatic heterocycles. The van der Waals surface area contributed by atoms with Gasteiger partial charge >= 0.3 is 0 Å². The maximum Gasteiger partial charge on any atom is 0.231 e. The summed E-state index contributed by atoms with van der Waals surface area (Å²) < 4.78 is 5.52. The predicted molar refractivity (Wildman–Crippen MR) is 108 cm³/mol. The smallest absolute Gasteiger partial charge is 0.231 e. The Balaban J connectivity index is 1.54. The fourth-order valence-corrected chi connectivity index (χ4v) is 3.93. The number of benzene rings is 2. The number of nitrogens with one attached hydrogen (secondary N) is 1. The van der Waals surface area contributed by atoms with Crippen molar-refractivity contribution < 1.29 is 14.4 Å². The highest BCUT2D eigenvalue weighted by Gasteiger charge is 2.30. The number of hydrogen-bond acceptors (Lipinski definition) is 2. The van der Waals surface area contributed by atoms with E-state index >= 15 is 0 Å². The Morgan fingerprint density at radius 2 is 1.85 bits per heavy atom. The van der Waals surface area contributed by atoms with Crippen LogP contribution in [0.4, 0.5) is 0 Å². The second-order valence-corrected chi connectivity index (χ2v) is 7.48. The summed E-state index contributed by atoms with van der Waals surface area (Å²) in [7, 11) is 1.93. The molecule has 1 heterocycles. The minimum atomic E-state index is 0.130. The molecule has 2 atom stereocenters. The van der Waals surface area contributed by atoms with E-state index in [0.717, 1.165) is 38.2 Å². The van der Waals surface area contributed by atoms with Crippen molar-refractivity contribution in [2.75, 3.05) is 26.7 Å². The fourth-order valence-electron chi connectivity index (χ4n) is 3.93. The topological polar surface area (TPSA) is 34.0 Å². The van der Waals surface area contributed by atoms with Crippen molar-refractivity contribution in [3.8, 4) is 5.75 Å². The van der Waals surface area contributed by atoms with Crippen LogP contribution < -0.4 is 9.64 Å². The van der Waals surface area contributed by atoms with Crippen molar-refractivity contribution in [2.24, 2.45) is 5.92 Å². The molecule has 0 radical (unpaired) electrons. The molecular weight excluding hydrogens is 336 g/mol. The number of ether oxygens (including phenoxy) is 1. The summed E-state index contributed by atoms with van der Waals surface area (Å²) in [5.74, 6) is 1.33. The zero-order valence-electron chi connectivity index (χ0n) is 16.5. The van der Waals surface area contributed by atoms with Gasteiger partial charge in [0.1, 0.15) is 12.3 Å². The van der Waals surface area contributed by atoms with Gasteiger partial charge in [0.15, 0.2) is 0 Å². The van der Waals surface area contributed by atoms with Gasteiger partial charge in [0.05, 0.1) is 25.6 Å². The monoisotopic (exact) mass is 367 g/mol. The highest BCUT2D eigenvalue weighted by atomic mass is 16.5. The number of amides is 1. The summed E-state index contributed by atoms with van der Waals surface area (Å²) >= 11 is 0. The Bertz CT molecular complexity index is 715. The van der Waals surface area contributed by atoms with Gasteiger partial charge in [0.2, 0.25) is 5.91 Å². The van der Waals surface area contributed by atoms with Gasteiger partial charge in [0.25, 0.3) is 0 Å². The van der Waals surface area contributed by atoms with Gasteiger partial charge in [-0.3, -0.25) is 4.79 Å². The van der Waals surface area contributed by atoms with Crippen molar-refractivity contribution in [3.63, 3.8) is 0 Å². The molecule has 1 unspecified atom stereocenters. The van der Waals surface area contributed by atoms with Gasteiger partial charge in [-0.25, -0.2) is 0 Å². The molecule has 2 aromatic carbocycles. The predicted octanol–water partition coefficient (Wildman–Crippen LogP) is 2.54. The molecule has 1 N–H and O–H groups in total. The molecule has 0 saturated carbocycles. The molecule has 4 nitrogen and oxygen atoms in total. The summed E-state index contributed by atoms with van der Waals surface area (Å²) in [4.78, 5) is 16.3. The number of rotatable bonds is 7. The first-order valence-electron chi connectivity index (χ1n) is 10.00. The van der Waals surface area contributed by atoms with Crippen molar-refractivity contribution in [3.05, 3.63) is 65.7 Å². The first-order chi connectivity index (χ1) is 13.2. The van der Waals surface area contributed by atoms with Gasteiger partial charge in [-0.2, -0.15) is 0 Å². The molecule has 2 aromatic rings. The molecule has 1 fully saturated rings. The number of hydrogen-bond donors (Lipinski definition) is 1. The maximum absolute atomic E-state index is 12.9. The zero-order chi connectivity index (χ0) is 19.1. The minimum absolute atomic E-state index is 0.130. The van der Waals surface area contributed by atoms with Gasteiger partial charge in [-0.1, -0.05) is 30.3 Å². The van der Waals surface area contributed by atoms with Crippen LogP contribution in [0.5, 0.6) is 5.75 Å². The highest BCUT2D eigenvalue weighted by molar-refractivity contribution is 5.78. The number of carbonyl (C=O) groups excluding carboxylic acids is 1. The standard InChI is InChI=1S/C23H30N2O2/c1-3-27-22-13-11-20(12-14-22)17-25-15-7-10-21(18-25)23(26)24(2)16-19-8-5-4-6-9-19/h4-6,8-9,11-14,21H,3,7,10,15-18H2,1-2H3/p+1/t21-/m1/s1. The summed E-state index contributed by atoms with van der Waals surface area (Å²) in [5, 5.41) is 0. The summed E-state index contributed by atoms with van der Waals surface area (Å²) in [6.45, 7) is 6.41. The van der Waals surface area contributed by atoms with E-state index in [9.17, 15) is 4.79 Å². The maximum atomic E-state index is 12.9. The van der Waals surface area contributed by atoms with E-state index in [1.807, 2.05) is 49.2 Å². The number of quaternary nitrogens is 1. The lowest BCUT2D eigenvalue weighted by atomic mass is 9.96. The molecule has 0 aromatic heterocycles. The quantitative estimate of drug-likeness (QED) is 0.816. The Morgan fingerprint density at radius 1 is 1.11 bits per heavy atom. The normalized spacial score (nSPS) is 19.5. The number of likely N-dealkylation sites (tertiary alicyclic amines) is 1. The lowest BCUT2D eigenvalue weighted by Gasteiger charge is -2.31. The molecule has 1 saturated heterocycles. The Morgan fingerprint density at radius 3 is 2.56 bits per heavy atom. The Hall–Kier alpha value is -2.33. The lowest BCUT2D eigenvalue weighted by molar-refractivity contribution is -0.921. The van der Waals surface area contributed by atoms with Gasteiger partial charge in [-0.15, -0.1) is 0 Å². The molecule has 27 heavy (non-hydrogen) atoms. The average molecular weight is 368 g/mol. The van der Waals surface area contributed by atoms with E-state index in [2.05, 4.69) is 24.3 Å². The number of nitrogens with zero attached hydrogens (tertiary/aromatic N) is 1. The Labute approximate surface area is 162 Å². The van der Waals surface area contributed by atoms with E-state index in [0.29, 0.717) is 13.2 Å². The molecule has 1 aliphatic rings. The third-order valence-electron chi connectivity index (χ3n) is 5.29. The van der Waals surface area contributed by atoms with Crippen LogP contribution in [0.25, 0.3) is 0 Å². The fraction of sp³-hybridized carbons (Fsp3) is 0.435. The minimum Gasteiger partial charge on any atom is -0.494 e. The second kappa shape index (κ2) is 9.56. The third kappa shape index (κ3) is 5.57. The average Bonchev–Trinajstić information content (AvgIpc) is 2.70. The second-order valence-electron chi connectivity index (χ2n) is 7.48. The van der Waals surface area contributed by atoms with E-state index < -0.39 is 0 Å². The van der Waals surface area contributed by atoms with E-state index in [4.69, 9.17) is 4.74 Å². The van der Waals surface area contributed by atoms with Crippen LogP contribution in [-0.4, -0.2) is 37.6 Å². The first kappa shape index (κ1) is 19.4. The molecule has 3 rings (SSSR count). The van der Waals surface area contributed by atoms with E-state index in [1.54, 1.807) is 0 Å². The first-order valence-corrected chi connectivity index (χ1v) is 10.00. The van der Waals surface area contributed by atoms with Crippen LogP contribution in [0.1, 0.15) is 30.9 Å². The largest absolute Gasteiger partial charge is 0.494 e. The zero-order valence-corrected chi connectivity index (χ0v) is 16.5. The number of carbonyl (C=O) groups is 1. The molecule has 0 spiro atoms. The van der Waals surface area contributed by atoms with Gasteiger partial charge in [0, 0.05) is 19.2 Å². The van der Waals surface area contributed by atoms with Crippen LogP contribution in [0.3, 0.4) is 0 Å². The van der Waals surface area contributed by atoms with Crippen LogP contribution >= 0.6 is 0 Å². The summed E-state index contributed by atoms with van der Waals surface area (Å²) in [6, 6.07) is 18.6. The van der Waals surface area contributed by atoms with Crippen molar-refractivity contribution >= 4 is 5.91 Å². The number of piperidine rings is 1. The van der Waals surface area contributed by atoms with Crippen molar-refractivity contribution in [1.29, 1.82) is 0 Å². The van der Waals surface area contributed by atoms with Crippen LogP contribution in [0, 0.1) is 5.92 Å². The molecule has 144 valence electrons. The highest BCUT2D eigenvalue weighted by Crippen LogP contribution is 2.15. The van der Waals surface area contributed by atoms with Crippen LogP contribution in [0.15, 0.2) is 54.6 Å². The van der Waals surface area contributed by atoms with Gasteiger partial charge < -0.3 is 14.5 Å². The molecule has 4 heteroatoms. The van der Waals surface area contributed by atoms with Crippen molar-refractivity contribution in [2.45, 2.75) is 32.9 Å². The van der Waals surface area contributed by atoms with Crippen molar-refractivity contribution in [1.82, 2.24) is 4.90 Å². The summed E-state index contributed by atoms with van der Waals surface area (Å²) in [5.41, 5.74) is 2.49. The van der Waals surface area contributed by atoms with E-state index in [1.165, 1.54) is 16.0 Å². The van der Waals surface area contributed by atoms with Crippen LogP contribution in [0.2, 0.25) is 0 Å². The van der Waals surface area contributed by atoms with Gasteiger partial charge in [-0.05, 0) is 49.6 Å². The Kier molecular flexibility index (Phi) is 6.88. The molecule has 0 bridgehead atoms. The molecule has 0 aliphatic carbocycles. The summed E-state index contributed by atoms with van der Waals surface area (Å²) in [6.07, 6.45) is 2.12. The molecular formula is C23H31N2O2+. The lowest BCUT2D eigenvalue weighted by Crippen LogP contribution is -3.12. The van der Waals surface area contributed by atoms with Crippen LogP contribution in [-0.2, 0) is 17.9 Å².